The predicted octanol–water partition coefficient (Wildman–Crippen LogP) is 1.34. The first-order valence-electron chi connectivity index (χ1n) is 4.85. The summed E-state index contributed by atoms with van der Waals surface area (Å²) in [4.78, 5) is 22.4. The van der Waals surface area contributed by atoms with Crippen LogP contribution in [0.5, 0.6) is 0 Å². The van der Waals surface area contributed by atoms with E-state index >= 15 is 0 Å². The van der Waals surface area contributed by atoms with Crippen LogP contribution in [0.3, 0.4) is 0 Å². The van der Waals surface area contributed by atoms with Gasteiger partial charge in [-0.2, -0.15) is 0 Å². The maximum atomic E-state index is 11.4. The smallest absolute Gasteiger partial charge is 0.238 e. The van der Waals surface area contributed by atoms with Crippen LogP contribution in [0.4, 0.5) is 0 Å². The van der Waals surface area contributed by atoms with Gasteiger partial charge in [-0.25, -0.2) is 10.9 Å². The first-order valence-corrected chi connectivity index (χ1v) is 4.85. The fourth-order valence-corrected chi connectivity index (χ4v) is 1.22. The first kappa shape index (κ1) is 12.1. The normalized spacial score (nSPS) is 11.1. The van der Waals surface area contributed by atoms with Gasteiger partial charge in [-0.05, 0) is 11.6 Å². The average molecular weight is 218 g/mol. The van der Waals surface area contributed by atoms with Gasteiger partial charge in [-0.3, -0.25) is 9.59 Å². The molecule has 0 radical (unpaired) electrons. The molecule has 0 saturated carbocycles. The van der Waals surface area contributed by atoms with Gasteiger partial charge in [0.2, 0.25) is 5.91 Å². The number of ketones is 1. The Balaban J connectivity index is 3.08. The van der Waals surface area contributed by atoms with Gasteiger partial charge >= 0.3 is 0 Å². The summed E-state index contributed by atoms with van der Waals surface area (Å²) in [6.07, 6.45) is 1.59. The Morgan fingerprint density at radius 3 is 2.19 bits per heavy atom. The third kappa shape index (κ3) is 3.03. The van der Waals surface area contributed by atoms with Crippen LogP contribution in [0.1, 0.15) is 19.4 Å². The molecule has 0 saturated heterocycles. The van der Waals surface area contributed by atoms with E-state index in [4.69, 9.17) is 5.84 Å². The fourth-order valence-electron chi connectivity index (χ4n) is 1.22. The molecule has 0 bridgehead atoms. The topological polar surface area (TPSA) is 63.4 Å². The van der Waals surface area contributed by atoms with Crippen LogP contribution >= 0.6 is 0 Å². The number of benzene rings is 1. The minimum atomic E-state index is -0.377. The average Bonchev–Trinajstić information content (AvgIpc) is 2.26. The Labute approximate surface area is 94.3 Å². The molecule has 1 amide bonds. The van der Waals surface area contributed by atoms with Crippen molar-refractivity contribution in [1.29, 1.82) is 0 Å². The minimum absolute atomic E-state index is 0.179. The minimum Gasteiger partial charge on any atom is -0.293 e. The second-order valence-corrected chi connectivity index (χ2v) is 3.39. The van der Waals surface area contributed by atoms with Crippen molar-refractivity contribution in [1.82, 2.24) is 5.01 Å². The Morgan fingerprint density at radius 1 is 1.19 bits per heavy atom. The molecular formula is C12H14N2O2. The lowest BCUT2D eigenvalue weighted by Crippen LogP contribution is -2.37. The molecule has 1 aromatic carbocycles. The van der Waals surface area contributed by atoms with Crippen LogP contribution in [-0.2, 0) is 9.59 Å². The van der Waals surface area contributed by atoms with Gasteiger partial charge in [0.25, 0.3) is 0 Å². The van der Waals surface area contributed by atoms with Gasteiger partial charge in [0, 0.05) is 13.8 Å². The van der Waals surface area contributed by atoms with E-state index in [2.05, 4.69) is 0 Å². The van der Waals surface area contributed by atoms with Crippen LogP contribution in [0.25, 0.3) is 6.08 Å². The lowest BCUT2D eigenvalue weighted by Gasteiger charge is -2.15. The van der Waals surface area contributed by atoms with Crippen LogP contribution in [-0.4, -0.2) is 16.7 Å². The molecule has 0 aliphatic heterocycles. The predicted molar refractivity (Wildman–Crippen MR) is 61.8 cm³/mol. The number of allylic oxidation sites excluding steroid dienone is 1. The van der Waals surface area contributed by atoms with Crippen molar-refractivity contribution in [2.75, 3.05) is 0 Å². The van der Waals surface area contributed by atoms with Crippen LogP contribution < -0.4 is 5.84 Å². The number of carbonyl (C=O) groups excluding carboxylic acids is 2. The van der Waals surface area contributed by atoms with Crippen LogP contribution in [0.15, 0.2) is 36.0 Å². The van der Waals surface area contributed by atoms with Gasteiger partial charge in [-0.1, -0.05) is 30.3 Å². The number of hydrogen-bond acceptors (Lipinski definition) is 3. The lowest BCUT2D eigenvalue weighted by atomic mass is 10.1. The van der Waals surface area contributed by atoms with Crippen molar-refractivity contribution in [2.45, 2.75) is 13.8 Å². The summed E-state index contributed by atoms with van der Waals surface area (Å²) < 4.78 is 0. The summed E-state index contributed by atoms with van der Waals surface area (Å²) in [5.41, 5.74) is 1.00. The van der Waals surface area contributed by atoms with Gasteiger partial charge in [0.15, 0.2) is 5.78 Å². The molecule has 16 heavy (non-hydrogen) atoms. The van der Waals surface area contributed by atoms with Gasteiger partial charge in [0.1, 0.15) is 5.70 Å². The highest BCUT2D eigenvalue weighted by atomic mass is 16.2. The molecule has 0 spiro atoms. The molecule has 1 aromatic rings. The number of amides is 1. The zero-order valence-electron chi connectivity index (χ0n) is 9.31. The molecule has 0 aliphatic rings. The molecular weight excluding hydrogens is 204 g/mol. The van der Waals surface area contributed by atoms with E-state index in [9.17, 15) is 9.59 Å². The van der Waals surface area contributed by atoms with E-state index in [0.29, 0.717) is 0 Å². The monoisotopic (exact) mass is 218 g/mol. The summed E-state index contributed by atoms with van der Waals surface area (Å²) in [5, 5.41) is 0.856. The van der Waals surface area contributed by atoms with E-state index in [1.165, 1.54) is 13.8 Å². The number of hydrazine groups is 1. The number of hydrogen-bond donors (Lipinski definition) is 1. The zero-order chi connectivity index (χ0) is 12.1. The van der Waals surface area contributed by atoms with Crippen LogP contribution in [0, 0.1) is 0 Å². The molecule has 0 heterocycles. The van der Waals surface area contributed by atoms with E-state index in [-0.39, 0.29) is 17.4 Å². The zero-order valence-corrected chi connectivity index (χ0v) is 9.31. The highest BCUT2D eigenvalue weighted by molar-refractivity contribution is 6.00. The number of nitrogens with two attached hydrogens (primary N) is 1. The summed E-state index contributed by atoms with van der Waals surface area (Å²) in [6.45, 7) is 2.68. The van der Waals surface area contributed by atoms with Crippen molar-refractivity contribution in [2.24, 2.45) is 5.84 Å². The lowest BCUT2D eigenvalue weighted by molar-refractivity contribution is -0.129. The van der Waals surface area contributed by atoms with Crippen molar-refractivity contribution < 1.29 is 9.59 Å². The molecule has 0 unspecified atom stereocenters. The van der Waals surface area contributed by atoms with E-state index in [1.54, 1.807) is 6.08 Å². The molecule has 0 atom stereocenters. The second-order valence-electron chi connectivity index (χ2n) is 3.39. The van der Waals surface area contributed by atoms with E-state index < -0.39 is 0 Å². The van der Waals surface area contributed by atoms with Gasteiger partial charge in [0.05, 0.1) is 0 Å². The molecule has 2 N–H and O–H groups in total. The maximum absolute atomic E-state index is 11.4. The fraction of sp³-hybridized carbons (Fsp3) is 0.167. The number of nitrogens with zero attached hydrogens (tertiary/aromatic N) is 1. The number of rotatable bonds is 3. The van der Waals surface area contributed by atoms with Crippen molar-refractivity contribution in [3.63, 3.8) is 0 Å². The maximum Gasteiger partial charge on any atom is 0.238 e. The Hall–Kier alpha value is -1.94. The quantitative estimate of drug-likeness (QED) is 0.360. The molecule has 1 rings (SSSR count). The molecule has 84 valence electrons. The van der Waals surface area contributed by atoms with Gasteiger partial charge < -0.3 is 0 Å². The van der Waals surface area contributed by atoms with Crippen molar-refractivity contribution >= 4 is 17.8 Å². The Kier molecular flexibility index (Phi) is 3.96. The third-order valence-corrected chi connectivity index (χ3v) is 2.06. The molecule has 0 aromatic heterocycles. The Morgan fingerprint density at radius 2 is 1.75 bits per heavy atom. The molecule has 0 aliphatic carbocycles. The SMILES string of the molecule is CC(=O)C(=Cc1ccccc1)N(N)C(C)=O. The first-order chi connectivity index (χ1) is 7.52. The molecule has 0 fully saturated rings. The number of carbonyl (C=O) groups is 2. The van der Waals surface area contributed by atoms with Crippen molar-refractivity contribution in [3.8, 4) is 0 Å². The summed E-state index contributed by atoms with van der Waals surface area (Å²) in [6, 6.07) is 9.22. The van der Waals surface area contributed by atoms with E-state index in [1.807, 2.05) is 30.3 Å². The van der Waals surface area contributed by atoms with E-state index in [0.717, 1.165) is 10.6 Å². The molecule has 4 nitrogen and oxygen atoms in total. The molecule has 4 heteroatoms. The Bertz CT molecular complexity index is 424. The van der Waals surface area contributed by atoms with Gasteiger partial charge in [-0.15, -0.1) is 0 Å². The second kappa shape index (κ2) is 5.23. The third-order valence-electron chi connectivity index (χ3n) is 2.06. The summed E-state index contributed by atoms with van der Waals surface area (Å²) >= 11 is 0. The summed E-state index contributed by atoms with van der Waals surface area (Å²) in [5.74, 6) is 4.88. The highest BCUT2D eigenvalue weighted by Gasteiger charge is 2.13. The number of Topliss-reactive ketones (excluding diaryl/α,β-unsaturated/α-hetero) is 1. The summed E-state index contributed by atoms with van der Waals surface area (Å²) in [7, 11) is 0. The largest absolute Gasteiger partial charge is 0.293 e. The standard InChI is InChI=1S/C12H14N2O2/c1-9(15)12(14(13)10(2)16)8-11-6-4-3-5-7-11/h3-8H,13H2,1-2H3. The highest BCUT2D eigenvalue weighted by Crippen LogP contribution is 2.09. The van der Waals surface area contributed by atoms with Crippen molar-refractivity contribution in [3.05, 3.63) is 41.6 Å². The van der Waals surface area contributed by atoms with Crippen LogP contribution in [0.2, 0.25) is 0 Å².